The first-order chi connectivity index (χ1) is 9.54. The van der Waals surface area contributed by atoms with Crippen molar-refractivity contribution in [3.05, 3.63) is 63.3 Å². The topological polar surface area (TPSA) is 35.2 Å². The monoisotopic (exact) mass is 357 g/mol. The first kappa shape index (κ1) is 15.3. The van der Waals surface area contributed by atoms with Gasteiger partial charge in [-0.2, -0.15) is 0 Å². The van der Waals surface area contributed by atoms with Gasteiger partial charge in [-0.3, -0.25) is 0 Å². The number of rotatable bonds is 5. The lowest BCUT2D eigenvalue weighted by Gasteiger charge is -2.14. The van der Waals surface area contributed by atoms with Crippen molar-refractivity contribution < 1.29 is 9.13 Å². The van der Waals surface area contributed by atoms with Crippen LogP contribution in [0.4, 0.5) is 4.39 Å². The maximum Gasteiger partial charge on any atom is 0.127 e. The van der Waals surface area contributed by atoms with Gasteiger partial charge in [0.25, 0.3) is 0 Å². The summed E-state index contributed by atoms with van der Waals surface area (Å²) >= 11 is 9.01. The minimum atomic E-state index is -0.277. The number of nitrogens with two attached hydrogens (primary N) is 1. The molecule has 106 valence electrons. The van der Waals surface area contributed by atoms with Crippen LogP contribution in [0.15, 0.2) is 46.9 Å². The lowest BCUT2D eigenvalue weighted by molar-refractivity contribution is 0.287. The summed E-state index contributed by atoms with van der Waals surface area (Å²) in [4.78, 5) is 0. The molecule has 2 nitrogen and oxygen atoms in total. The average Bonchev–Trinajstić information content (AvgIpc) is 2.41. The Balaban J connectivity index is 1.89. The van der Waals surface area contributed by atoms with E-state index in [1.54, 1.807) is 36.4 Å². The van der Waals surface area contributed by atoms with E-state index >= 15 is 0 Å². The van der Waals surface area contributed by atoms with Gasteiger partial charge in [-0.05, 0) is 48.4 Å². The molecule has 0 amide bonds. The standard InChI is InChI=1S/C15H14BrClFNO/c16-11-2-1-10(15(18)8-11)7-13(19)9-20-14-5-3-12(17)4-6-14/h1-6,8,13H,7,9,19H2. The van der Waals surface area contributed by atoms with Gasteiger partial charge in [-0.15, -0.1) is 0 Å². The fourth-order valence-electron chi connectivity index (χ4n) is 1.76. The van der Waals surface area contributed by atoms with E-state index in [1.807, 2.05) is 0 Å². The number of halogens is 3. The van der Waals surface area contributed by atoms with Crippen molar-refractivity contribution in [2.45, 2.75) is 12.5 Å². The van der Waals surface area contributed by atoms with E-state index in [2.05, 4.69) is 15.9 Å². The number of hydrogen-bond donors (Lipinski definition) is 1. The van der Waals surface area contributed by atoms with E-state index in [9.17, 15) is 4.39 Å². The van der Waals surface area contributed by atoms with Crippen LogP contribution in [-0.2, 0) is 6.42 Å². The highest BCUT2D eigenvalue weighted by Crippen LogP contribution is 2.18. The van der Waals surface area contributed by atoms with Gasteiger partial charge in [0.15, 0.2) is 0 Å². The van der Waals surface area contributed by atoms with Crippen LogP contribution in [0.3, 0.4) is 0 Å². The fraction of sp³-hybridized carbons (Fsp3) is 0.200. The number of ether oxygens (including phenoxy) is 1. The summed E-state index contributed by atoms with van der Waals surface area (Å²) in [5, 5.41) is 0.651. The van der Waals surface area contributed by atoms with Crippen molar-refractivity contribution in [1.29, 1.82) is 0 Å². The molecule has 0 aliphatic carbocycles. The third-order valence-corrected chi connectivity index (χ3v) is 3.52. The molecule has 2 rings (SSSR count). The van der Waals surface area contributed by atoms with Crippen molar-refractivity contribution in [2.24, 2.45) is 5.73 Å². The molecule has 20 heavy (non-hydrogen) atoms. The van der Waals surface area contributed by atoms with Crippen molar-refractivity contribution in [3.8, 4) is 5.75 Å². The quantitative estimate of drug-likeness (QED) is 0.870. The molecule has 5 heteroatoms. The smallest absolute Gasteiger partial charge is 0.127 e. The lowest BCUT2D eigenvalue weighted by atomic mass is 10.1. The molecular weight excluding hydrogens is 345 g/mol. The zero-order valence-corrected chi connectivity index (χ0v) is 13.0. The van der Waals surface area contributed by atoms with E-state index < -0.39 is 0 Å². The van der Waals surface area contributed by atoms with Gasteiger partial charge < -0.3 is 10.5 Å². The van der Waals surface area contributed by atoms with Gasteiger partial charge in [0, 0.05) is 15.5 Å². The Labute approximate surface area is 130 Å². The Kier molecular flexibility index (Phi) is 5.40. The van der Waals surface area contributed by atoms with E-state index in [-0.39, 0.29) is 11.9 Å². The predicted molar refractivity (Wildman–Crippen MR) is 82.7 cm³/mol. The van der Waals surface area contributed by atoms with E-state index in [1.165, 1.54) is 6.07 Å². The summed E-state index contributed by atoms with van der Waals surface area (Å²) in [5.41, 5.74) is 6.54. The van der Waals surface area contributed by atoms with Gasteiger partial charge in [0.2, 0.25) is 0 Å². The highest BCUT2D eigenvalue weighted by Gasteiger charge is 2.09. The van der Waals surface area contributed by atoms with Crippen molar-refractivity contribution in [3.63, 3.8) is 0 Å². The van der Waals surface area contributed by atoms with Gasteiger partial charge >= 0.3 is 0 Å². The highest BCUT2D eigenvalue weighted by atomic mass is 79.9. The molecule has 1 unspecified atom stereocenters. The minimum absolute atomic E-state index is 0.263. The Hall–Kier alpha value is -1.10. The number of benzene rings is 2. The summed E-state index contributed by atoms with van der Waals surface area (Å²) in [6, 6.07) is 11.7. The third-order valence-electron chi connectivity index (χ3n) is 2.77. The van der Waals surface area contributed by atoms with E-state index in [4.69, 9.17) is 22.1 Å². The summed E-state index contributed by atoms with van der Waals surface area (Å²) in [6.45, 7) is 0.317. The molecule has 2 aromatic carbocycles. The van der Waals surface area contributed by atoms with Crippen LogP contribution < -0.4 is 10.5 Å². The first-order valence-electron chi connectivity index (χ1n) is 6.12. The van der Waals surface area contributed by atoms with Gasteiger partial charge in [-0.25, -0.2) is 4.39 Å². The molecule has 0 bridgehead atoms. The maximum absolute atomic E-state index is 13.7. The third kappa shape index (κ3) is 4.47. The highest BCUT2D eigenvalue weighted by molar-refractivity contribution is 9.10. The zero-order chi connectivity index (χ0) is 14.5. The van der Waals surface area contributed by atoms with E-state index in [0.29, 0.717) is 33.8 Å². The van der Waals surface area contributed by atoms with Crippen LogP contribution in [0.1, 0.15) is 5.56 Å². The van der Waals surface area contributed by atoms with Crippen LogP contribution in [0.25, 0.3) is 0 Å². The Morgan fingerprint density at radius 3 is 2.55 bits per heavy atom. The first-order valence-corrected chi connectivity index (χ1v) is 7.29. The number of hydrogen-bond acceptors (Lipinski definition) is 2. The Morgan fingerprint density at radius 1 is 1.20 bits per heavy atom. The van der Waals surface area contributed by atoms with Crippen LogP contribution in [-0.4, -0.2) is 12.6 Å². The molecule has 0 radical (unpaired) electrons. The minimum Gasteiger partial charge on any atom is -0.492 e. The zero-order valence-electron chi connectivity index (χ0n) is 10.7. The largest absolute Gasteiger partial charge is 0.492 e. The van der Waals surface area contributed by atoms with Crippen molar-refractivity contribution in [2.75, 3.05) is 6.61 Å². The Morgan fingerprint density at radius 2 is 1.90 bits per heavy atom. The van der Waals surface area contributed by atoms with Crippen molar-refractivity contribution >= 4 is 27.5 Å². The molecule has 0 heterocycles. The molecule has 2 aromatic rings. The van der Waals surface area contributed by atoms with Crippen LogP contribution in [0, 0.1) is 5.82 Å². The summed E-state index contributed by atoms with van der Waals surface area (Å²) < 4.78 is 19.9. The molecular formula is C15H14BrClFNO. The summed E-state index contributed by atoms with van der Waals surface area (Å²) in [7, 11) is 0. The van der Waals surface area contributed by atoms with Gasteiger partial charge in [0.1, 0.15) is 18.2 Å². The second kappa shape index (κ2) is 7.07. The lowest BCUT2D eigenvalue weighted by Crippen LogP contribution is -2.30. The molecule has 0 aliphatic heterocycles. The molecule has 2 N–H and O–H groups in total. The molecule has 0 saturated heterocycles. The molecule has 0 aromatic heterocycles. The van der Waals surface area contributed by atoms with Gasteiger partial charge in [0.05, 0.1) is 0 Å². The van der Waals surface area contributed by atoms with Crippen molar-refractivity contribution in [1.82, 2.24) is 0 Å². The summed E-state index contributed by atoms with van der Waals surface area (Å²) in [6.07, 6.45) is 0.423. The second-order valence-corrected chi connectivity index (χ2v) is 5.82. The van der Waals surface area contributed by atoms with Gasteiger partial charge in [-0.1, -0.05) is 33.6 Å². The molecule has 0 aliphatic rings. The molecule has 0 fully saturated rings. The second-order valence-electron chi connectivity index (χ2n) is 4.46. The van der Waals surface area contributed by atoms with E-state index in [0.717, 1.165) is 0 Å². The molecule has 0 saturated carbocycles. The van der Waals surface area contributed by atoms with Crippen LogP contribution in [0.5, 0.6) is 5.75 Å². The average molecular weight is 359 g/mol. The normalized spacial score (nSPS) is 12.2. The molecule has 1 atom stereocenters. The Bertz CT molecular complexity index is 577. The maximum atomic E-state index is 13.7. The summed E-state index contributed by atoms with van der Waals surface area (Å²) in [5.74, 6) is 0.433. The molecule has 0 spiro atoms. The SMILES string of the molecule is NC(COc1ccc(Cl)cc1)Cc1ccc(Br)cc1F. The van der Waals surface area contributed by atoms with Crippen LogP contribution in [0.2, 0.25) is 5.02 Å². The fourth-order valence-corrected chi connectivity index (χ4v) is 2.22. The van der Waals surface area contributed by atoms with Crippen LogP contribution >= 0.6 is 27.5 Å². The predicted octanol–water partition coefficient (Wildman–Crippen LogP) is 4.19.